The summed E-state index contributed by atoms with van der Waals surface area (Å²) in [5.41, 5.74) is 2.10. The summed E-state index contributed by atoms with van der Waals surface area (Å²) in [6, 6.07) is 17.4. The number of hydrogen-bond donors (Lipinski definition) is 1. The van der Waals surface area contributed by atoms with Crippen LogP contribution >= 0.6 is 34.2 Å². The summed E-state index contributed by atoms with van der Waals surface area (Å²) in [7, 11) is 0. The van der Waals surface area contributed by atoms with Gasteiger partial charge in [-0.2, -0.15) is 0 Å². The zero-order valence-electron chi connectivity index (χ0n) is 18.6. The van der Waals surface area contributed by atoms with Gasteiger partial charge >= 0.3 is 5.97 Å². The molecule has 3 aromatic carbocycles. The maximum absolute atomic E-state index is 13.6. The van der Waals surface area contributed by atoms with E-state index < -0.39 is 24.6 Å². The van der Waals surface area contributed by atoms with Gasteiger partial charge in [0.25, 0.3) is 5.91 Å². The van der Waals surface area contributed by atoms with Crippen LogP contribution in [0, 0.1) is 8.99 Å². The van der Waals surface area contributed by atoms with Gasteiger partial charge in [0, 0.05) is 26.4 Å². The molecule has 1 N–H and O–H groups in total. The third-order valence-electron chi connectivity index (χ3n) is 5.58. The number of carboxylic acid groups (broad SMARTS) is 1. The fraction of sp³-hybridized carbons (Fsp3) is 0.308. The molecule has 1 heterocycles. The summed E-state index contributed by atoms with van der Waals surface area (Å²) < 4.78 is 7.46. The lowest BCUT2D eigenvalue weighted by Crippen LogP contribution is -2.44. The Bertz CT molecular complexity index is 1240. The predicted molar refractivity (Wildman–Crippen MR) is 139 cm³/mol. The molecule has 0 spiro atoms. The van der Waals surface area contributed by atoms with Crippen molar-refractivity contribution >= 4 is 62.5 Å². The van der Waals surface area contributed by atoms with Crippen molar-refractivity contribution in [1.82, 2.24) is 0 Å². The van der Waals surface area contributed by atoms with Crippen molar-refractivity contribution in [2.75, 3.05) is 11.4 Å². The molecule has 0 fully saturated rings. The van der Waals surface area contributed by atoms with E-state index in [0.29, 0.717) is 17.3 Å². The first kappa shape index (κ1) is 24.0. The van der Waals surface area contributed by atoms with Crippen LogP contribution in [0.3, 0.4) is 0 Å². The van der Waals surface area contributed by atoms with Crippen LogP contribution in [0.1, 0.15) is 44.4 Å². The lowest BCUT2D eigenvalue weighted by Gasteiger charge is -2.31. The lowest BCUT2D eigenvalue weighted by atomic mass is 9.93. The highest BCUT2D eigenvalue weighted by Crippen LogP contribution is 2.43. The molecule has 33 heavy (non-hydrogen) atoms. The number of halogens is 2. The zero-order valence-corrected chi connectivity index (χ0v) is 21.6. The van der Waals surface area contributed by atoms with E-state index in [1.165, 1.54) is 0 Å². The number of carboxylic acids is 1. The Morgan fingerprint density at radius 3 is 2.48 bits per heavy atom. The number of fused-ring (bicyclic) bond motifs is 2. The van der Waals surface area contributed by atoms with E-state index in [0.717, 1.165) is 25.5 Å². The number of carbonyl (C=O) groups excluding carboxylic acids is 1. The summed E-state index contributed by atoms with van der Waals surface area (Å²) in [5, 5.41) is 12.1. The molecule has 0 radical (unpaired) electrons. The smallest absolute Gasteiger partial charge is 0.306 e. The van der Waals surface area contributed by atoms with E-state index in [2.05, 4.69) is 22.6 Å². The number of ether oxygens (including phenoxy) is 1. The van der Waals surface area contributed by atoms with Gasteiger partial charge in [-0.1, -0.05) is 62.7 Å². The standard InChI is InChI=1S/C26H25ClINO4/c1-26(2,3)14-29-21-11-10-15(27)12-19(21)24(33-22(25(29)32)13-23(30)31)18-8-4-7-17-16(18)6-5-9-20(17)28/h4-12,22,24H,13-14H2,1-3H3,(H,30,31)/t22-,24-/m0/s1. The summed E-state index contributed by atoms with van der Waals surface area (Å²) in [6.07, 6.45) is -2.20. The van der Waals surface area contributed by atoms with E-state index in [-0.39, 0.29) is 11.3 Å². The van der Waals surface area contributed by atoms with E-state index in [4.69, 9.17) is 16.3 Å². The minimum atomic E-state index is -1.13. The monoisotopic (exact) mass is 577 g/mol. The summed E-state index contributed by atoms with van der Waals surface area (Å²) in [6.45, 7) is 6.54. The Kier molecular flexibility index (Phi) is 6.71. The largest absolute Gasteiger partial charge is 0.481 e. The molecule has 0 unspecified atom stereocenters. The molecular formula is C26H25ClINO4. The number of carbonyl (C=O) groups is 2. The van der Waals surface area contributed by atoms with Gasteiger partial charge in [-0.05, 0) is 68.6 Å². The first-order valence-corrected chi connectivity index (χ1v) is 12.2. The summed E-state index contributed by atoms with van der Waals surface area (Å²) in [5.74, 6) is -1.44. The number of rotatable bonds is 4. The number of hydrogen-bond acceptors (Lipinski definition) is 3. The van der Waals surface area contributed by atoms with Gasteiger partial charge in [0.15, 0.2) is 0 Å². The second kappa shape index (κ2) is 9.24. The maximum atomic E-state index is 13.6. The lowest BCUT2D eigenvalue weighted by molar-refractivity contribution is -0.147. The van der Waals surface area contributed by atoms with E-state index in [1.807, 2.05) is 69.3 Å². The minimum Gasteiger partial charge on any atom is -0.481 e. The molecule has 172 valence electrons. The molecule has 0 aliphatic carbocycles. The maximum Gasteiger partial charge on any atom is 0.306 e. The molecule has 0 saturated heterocycles. The number of amides is 1. The quantitative estimate of drug-likeness (QED) is 0.363. The van der Waals surface area contributed by atoms with Crippen LogP contribution in [-0.4, -0.2) is 29.6 Å². The average Bonchev–Trinajstić information content (AvgIpc) is 2.83. The van der Waals surface area contributed by atoms with Gasteiger partial charge in [-0.15, -0.1) is 0 Å². The van der Waals surface area contributed by atoms with Crippen molar-refractivity contribution < 1.29 is 19.4 Å². The van der Waals surface area contributed by atoms with Crippen LogP contribution in [0.15, 0.2) is 54.6 Å². The highest BCUT2D eigenvalue weighted by Gasteiger charge is 2.39. The van der Waals surface area contributed by atoms with Crippen LogP contribution in [0.2, 0.25) is 5.02 Å². The number of aliphatic carboxylic acids is 1. The molecule has 1 amide bonds. The molecule has 0 saturated carbocycles. The fourth-order valence-corrected chi connectivity index (χ4v) is 5.12. The van der Waals surface area contributed by atoms with Gasteiger partial charge in [0.1, 0.15) is 12.2 Å². The first-order chi connectivity index (χ1) is 15.5. The Hall–Kier alpha value is -2.16. The highest BCUT2D eigenvalue weighted by molar-refractivity contribution is 14.1. The van der Waals surface area contributed by atoms with E-state index in [9.17, 15) is 14.7 Å². The minimum absolute atomic E-state index is 0.213. The normalized spacial score (nSPS) is 18.8. The third-order valence-corrected chi connectivity index (χ3v) is 6.76. The Morgan fingerprint density at radius 2 is 1.79 bits per heavy atom. The molecule has 1 aliphatic rings. The van der Waals surface area contributed by atoms with Crippen LogP contribution in [0.4, 0.5) is 5.69 Å². The van der Waals surface area contributed by atoms with Crippen molar-refractivity contribution in [3.05, 3.63) is 74.3 Å². The summed E-state index contributed by atoms with van der Waals surface area (Å²) in [4.78, 5) is 26.9. The van der Waals surface area contributed by atoms with Gasteiger partial charge in [-0.25, -0.2) is 0 Å². The van der Waals surface area contributed by atoms with Crippen molar-refractivity contribution in [2.24, 2.45) is 5.41 Å². The topological polar surface area (TPSA) is 66.8 Å². The predicted octanol–water partition coefficient (Wildman–Crippen LogP) is 6.44. The van der Waals surface area contributed by atoms with Crippen LogP contribution < -0.4 is 4.90 Å². The molecule has 5 nitrogen and oxygen atoms in total. The molecule has 3 aromatic rings. The van der Waals surface area contributed by atoms with Crippen LogP contribution in [-0.2, 0) is 14.3 Å². The number of nitrogens with zero attached hydrogens (tertiary/aromatic N) is 1. The van der Waals surface area contributed by atoms with E-state index >= 15 is 0 Å². The van der Waals surface area contributed by atoms with Gasteiger partial charge < -0.3 is 14.7 Å². The van der Waals surface area contributed by atoms with Gasteiger partial charge in [0.2, 0.25) is 0 Å². The van der Waals surface area contributed by atoms with Gasteiger partial charge in [-0.3, -0.25) is 9.59 Å². The molecule has 4 rings (SSSR count). The van der Waals surface area contributed by atoms with Gasteiger partial charge in [0.05, 0.1) is 6.42 Å². The van der Waals surface area contributed by atoms with Crippen molar-refractivity contribution in [3.63, 3.8) is 0 Å². The van der Waals surface area contributed by atoms with E-state index in [1.54, 1.807) is 11.0 Å². The first-order valence-electron chi connectivity index (χ1n) is 10.7. The molecule has 0 bridgehead atoms. The van der Waals surface area contributed by atoms with Crippen molar-refractivity contribution in [2.45, 2.75) is 39.4 Å². The second-order valence-corrected chi connectivity index (χ2v) is 11.1. The number of benzene rings is 3. The van der Waals surface area contributed by atoms with Crippen LogP contribution in [0.25, 0.3) is 10.8 Å². The molecule has 0 aromatic heterocycles. The van der Waals surface area contributed by atoms with Crippen molar-refractivity contribution in [3.8, 4) is 0 Å². The Morgan fingerprint density at radius 1 is 1.09 bits per heavy atom. The zero-order chi connectivity index (χ0) is 23.9. The SMILES string of the molecule is CC(C)(C)CN1C(=O)[C@H](CC(=O)O)O[C@@H](c2cccc3c(I)cccc23)c2cc(Cl)ccc21. The fourth-order valence-electron chi connectivity index (χ4n) is 4.27. The average molecular weight is 578 g/mol. The van der Waals surface area contributed by atoms with Crippen LogP contribution in [0.5, 0.6) is 0 Å². The molecular weight excluding hydrogens is 553 g/mol. The molecule has 1 aliphatic heterocycles. The summed E-state index contributed by atoms with van der Waals surface area (Å²) >= 11 is 8.71. The highest BCUT2D eigenvalue weighted by atomic mass is 127. The Balaban J connectivity index is 1.97. The molecule has 7 heteroatoms. The second-order valence-electron chi connectivity index (χ2n) is 9.47. The third kappa shape index (κ3) is 5.03. The Labute approximate surface area is 211 Å². The number of anilines is 1. The van der Waals surface area contributed by atoms with Crippen molar-refractivity contribution in [1.29, 1.82) is 0 Å². The molecule has 2 atom stereocenters.